The van der Waals surface area contributed by atoms with Gasteiger partial charge in [0.2, 0.25) is 5.78 Å². The number of nitrogens with zero attached hydrogens (tertiary/aromatic N) is 3. The highest BCUT2D eigenvalue weighted by atomic mass is 16.5. The number of carbonyl (C=O) groups excluding carboxylic acids is 2. The van der Waals surface area contributed by atoms with Crippen LogP contribution in [0.3, 0.4) is 0 Å². The normalized spacial score (nSPS) is 13.8. The minimum absolute atomic E-state index is 0.169. The molecule has 1 aliphatic rings. The molecule has 4 aromatic rings. The van der Waals surface area contributed by atoms with Crippen molar-refractivity contribution in [2.45, 2.75) is 19.3 Å². The van der Waals surface area contributed by atoms with Crippen molar-refractivity contribution >= 4 is 40.1 Å². The van der Waals surface area contributed by atoms with Crippen LogP contribution >= 0.6 is 0 Å². The van der Waals surface area contributed by atoms with Gasteiger partial charge >= 0.3 is 11.7 Å². The molecule has 1 aliphatic carbocycles. The fraction of sp³-hybridized carbons (Fsp3) is 0.207. The Hall–Kier alpha value is -4.99. The van der Waals surface area contributed by atoms with E-state index in [1.165, 1.54) is 14.1 Å². The molecular weight excluding hydrogens is 500 g/mol. The summed E-state index contributed by atoms with van der Waals surface area (Å²) >= 11 is 0. The van der Waals surface area contributed by atoms with Gasteiger partial charge in [0.15, 0.2) is 6.61 Å². The van der Waals surface area contributed by atoms with Gasteiger partial charge in [-0.2, -0.15) is 0 Å². The van der Waals surface area contributed by atoms with E-state index in [4.69, 9.17) is 15.5 Å². The molecule has 0 fully saturated rings. The third-order valence-electron chi connectivity index (χ3n) is 6.93. The molecule has 0 saturated carbocycles. The monoisotopic (exact) mass is 526 g/mol. The Morgan fingerprint density at radius 3 is 2.49 bits per heavy atom. The lowest BCUT2D eigenvalue weighted by atomic mass is 9.86. The number of aromatic hydroxyl groups is 1. The van der Waals surface area contributed by atoms with Gasteiger partial charge in [-0.1, -0.05) is 30.3 Å². The maximum absolute atomic E-state index is 13.5. The van der Waals surface area contributed by atoms with Crippen molar-refractivity contribution in [3.63, 3.8) is 0 Å². The molecule has 198 valence electrons. The first kappa shape index (κ1) is 25.7. The maximum atomic E-state index is 13.5. The number of pyridine rings is 1. The lowest BCUT2D eigenvalue weighted by molar-refractivity contribution is 0.0475. The number of Topliss-reactive ketones (excluding diaryl/α,β-unsaturated/α-hetero) is 1. The Kier molecular flexibility index (Phi) is 6.61. The summed E-state index contributed by atoms with van der Waals surface area (Å²) < 4.78 is 7.22. The molecule has 2 aromatic heterocycles. The quantitative estimate of drug-likeness (QED) is 0.298. The number of rotatable bonds is 5. The van der Waals surface area contributed by atoms with E-state index >= 15 is 0 Å². The fourth-order valence-electron chi connectivity index (χ4n) is 4.88. The molecule has 3 N–H and O–H groups in total. The summed E-state index contributed by atoms with van der Waals surface area (Å²) in [6.45, 7) is -0.724. The second kappa shape index (κ2) is 10.1. The molecule has 0 radical (unpaired) electrons. The number of esters is 1. The van der Waals surface area contributed by atoms with Crippen LogP contribution in [-0.4, -0.2) is 37.6 Å². The van der Waals surface area contributed by atoms with Crippen LogP contribution in [0.4, 0.5) is 5.82 Å². The van der Waals surface area contributed by atoms with Crippen LogP contribution in [0.15, 0.2) is 58.1 Å². The molecule has 0 unspecified atom stereocenters. The van der Waals surface area contributed by atoms with Gasteiger partial charge in [-0.3, -0.25) is 18.7 Å². The van der Waals surface area contributed by atoms with Gasteiger partial charge in [-0.15, -0.1) is 0 Å². The zero-order valence-corrected chi connectivity index (χ0v) is 21.4. The van der Waals surface area contributed by atoms with Crippen LogP contribution in [-0.2, 0) is 25.3 Å². The van der Waals surface area contributed by atoms with Crippen LogP contribution in [0.1, 0.15) is 50.4 Å². The van der Waals surface area contributed by atoms with Gasteiger partial charge in [0.05, 0.1) is 16.8 Å². The number of nitrogen functional groups attached to an aromatic ring is 1. The van der Waals surface area contributed by atoms with Crippen molar-refractivity contribution in [3.05, 3.63) is 97.3 Å². The Balaban J connectivity index is 1.53. The smallest absolute Gasteiger partial charge is 0.339 e. The zero-order chi connectivity index (χ0) is 27.8. The van der Waals surface area contributed by atoms with Crippen molar-refractivity contribution in [2.75, 3.05) is 12.3 Å². The maximum Gasteiger partial charge on any atom is 0.339 e. The van der Waals surface area contributed by atoms with Gasteiger partial charge in [-0.25, -0.2) is 14.6 Å². The van der Waals surface area contributed by atoms with E-state index in [1.54, 1.807) is 42.5 Å². The average Bonchev–Trinajstić information content (AvgIpc) is 2.94. The summed E-state index contributed by atoms with van der Waals surface area (Å²) in [7, 11) is 2.59. The van der Waals surface area contributed by atoms with Crippen molar-refractivity contribution in [1.29, 1.82) is 0 Å². The molecular formula is C29H26N4O6. The summed E-state index contributed by atoms with van der Waals surface area (Å²) in [5.41, 5.74) is 8.11. The highest BCUT2D eigenvalue weighted by Crippen LogP contribution is 2.36. The lowest BCUT2D eigenvalue weighted by Crippen LogP contribution is -2.42. The summed E-state index contributed by atoms with van der Waals surface area (Å²) in [5, 5.41) is 10.2. The van der Waals surface area contributed by atoms with Crippen molar-refractivity contribution in [3.8, 4) is 5.75 Å². The number of anilines is 1. The molecule has 0 bridgehead atoms. The van der Waals surface area contributed by atoms with E-state index in [9.17, 15) is 24.3 Å². The topological polar surface area (TPSA) is 147 Å². The van der Waals surface area contributed by atoms with E-state index in [1.807, 2.05) is 12.1 Å². The number of hydrogen-bond donors (Lipinski definition) is 2. The molecule has 0 spiro atoms. The number of allylic oxidation sites excluding steroid dienone is 1. The van der Waals surface area contributed by atoms with Crippen molar-refractivity contribution in [2.24, 2.45) is 14.1 Å². The number of aromatic nitrogens is 3. The molecule has 2 heterocycles. The summed E-state index contributed by atoms with van der Waals surface area (Å²) in [4.78, 5) is 56.0. The summed E-state index contributed by atoms with van der Waals surface area (Å²) in [5.74, 6) is -1.65. The van der Waals surface area contributed by atoms with Crippen LogP contribution in [0, 0.1) is 0 Å². The highest BCUT2D eigenvalue weighted by Gasteiger charge is 2.27. The van der Waals surface area contributed by atoms with E-state index in [0.717, 1.165) is 38.7 Å². The Bertz CT molecular complexity index is 1800. The second-order valence-corrected chi connectivity index (χ2v) is 9.41. The molecule has 0 atom stereocenters. The van der Waals surface area contributed by atoms with E-state index < -0.39 is 35.2 Å². The average molecular weight is 527 g/mol. The van der Waals surface area contributed by atoms with Gasteiger partial charge in [0, 0.05) is 19.5 Å². The number of hydrogen-bond acceptors (Lipinski definition) is 8. The van der Waals surface area contributed by atoms with Gasteiger partial charge < -0.3 is 15.6 Å². The molecule has 0 aliphatic heterocycles. The molecule has 5 rings (SSSR count). The zero-order valence-electron chi connectivity index (χ0n) is 21.4. The summed E-state index contributed by atoms with van der Waals surface area (Å²) in [6, 6.07) is 14.0. The van der Waals surface area contributed by atoms with Gasteiger partial charge in [0.1, 0.15) is 17.1 Å². The van der Waals surface area contributed by atoms with Crippen LogP contribution < -0.4 is 17.0 Å². The number of fused-ring (bicyclic) bond motifs is 2. The summed E-state index contributed by atoms with van der Waals surface area (Å²) in [6.07, 6.45) is 4.10. The van der Waals surface area contributed by atoms with Crippen LogP contribution in [0.5, 0.6) is 5.75 Å². The number of carbonyl (C=O) groups is 2. The third kappa shape index (κ3) is 4.61. The predicted molar refractivity (Wildman–Crippen MR) is 147 cm³/mol. The lowest BCUT2D eigenvalue weighted by Gasteiger charge is -2.22. The highest BCUT2D eigenvalue weighted by molar-refractivity contribution is 6.08. The number of phenolic OH excluding ortho intramolecular Hbond substituents is 1. The number of nitrogens with two attached hydrogens (primary N) is 1. The molecule has 0 saturated heterocycles. The van der Waals surface area contributed by atoms with Gasteiger partial charge in [-0.05, 0) is 60.2 Å². The number of ether oxygens (including phenoxy) is 1. The molecule has 10 nitrogen and oxygen atoms in total. The van der Waals surface area contributed by atoms with E-state index in [-0.39, 0.29) is 11.6 Å². The molecule has 10 heteroatoms. The fourth-order valence-corrected chi connectivity index (χ4v) is 4.88. The SMILES string of the molecule is Cn1c(N)c(C(=O)COC(=O)c2c3c(nc4ccccc24)C(=Cc2ccc(O)cc2)CCC3)c(=O)n(C)c1=O. The number of phenols is 1. The molecule has 2 aromatic carbocycles. The largest absolute Gasteiger partial charge is 0.508 e. The number of benzene rings is 2. The molecule has 39 heavy (non-hydrogen) atoms. The Labute approximate surface area is 222 Å². The predicted octanol–water partition coefficient (Wildman–Crippen LogP) is 2.84. The first-order valence-electron chi connectivity index (χ1n) is 12.3. The molecule has 0 amide bonds. The third-order valence-corrected chi connectivity index (χ3v) is 6.93. The van der Waals surface area contributed by atoms with E-state index in [2.05, 4.69) is 0 Å². The Morgan fingerprint density at radius 1 is 1.03 bits per heavy atom. The minimum Gasteiger partial charge on any atom is -0.508 e. The standard InChI is InChI=1S/C29H26N4O6/c1-32-26(30)24(27(36)33(2)29(32)38)22(35)15-39-28(37)23-19-7-3-4-9-21(19)31-25-17(6-5-8-20(23)25)14-16-10-12-18(34)13-11-16/h3-4,7,9-14,34H,5-6,8,15,30H2,1-2H3. The second-order valence-electron chi connectivity index (χ2n) is 9.41. The minimum atomic E-state index is -0.854. The first-order chi connectivity index (χ1) is 18.7. The number of para-hydroxylation sites is 1. The van der Waals surface area contributed by atoms with Crippen molar-refractivity contribution < 1.29 is 19.4 Å². The first-order valence-corrected chi connectivity index (χ1v) is 12.3. The van der Waals surface area contributed by atoms with Crippen molar-refractivity contribution in [1.82, 2.24) is 14.1 Å². The van der Waals surface area contributed by atoms with Crippen LogP contribution in [0.2, 0.25) is 0 Å². The van der Waals surface area contributed by atoms with E-state index in [0.29, 0.717) is 28.6 Å². The van der Waals surface area contributed by atoms with Gasteiger partial charge in [0.25, 0.3) is 5.56 Å². The van der Waals surface area contributed by atoms with Crippen LogP contribution in [0.25, 0.3) is 22.6 Å². The number of ketones is 1. The Morgan fingerprint density at radius 2 is 1.74 bits per heavy atom.